The summed E-state index contributed by atoms with van der Waals surface area (Å²) in [4.78, 5) is 5.69. The fraction of sp³-hybridized carbons (Fsp3) is 0.222. The Hall–Kier alpha value is -1.75. The lowest BCUT2D eigenvalue weighted by Gasteiger charge is -2.01. The maximum absolute atomic E-state index is 4.99. The van der Waals surface area contributed by atoms with E-state index in [0.29, 0.717) is 6.61 Å². The van der Waals surface area contributed by atoms with Crippen LogP contribution in [-0.2, 0) is 11.3 Å². The molecule has 0 aliphatic heterocycles. The SMILES string of the molecule is COCc1cc(-n2nccn2)ccn1. The molecular weight excluding hydrogens is 180 g/mol. The summed E-state index contributed by atoms with van der Waals surface area (Å²) in [6.07, 6.45) is 4.99. The highest BCUT2D eigenvalue weighted by molar-refractivity contribution is 5.29. The predicted molar refractivity (Wildman–Crippen MR) is 49.9 cm³/mol. The molecule has 2 aromatic heterocycles. The molecule has 5 heteroatoms. The van der Waals surface area contributed by atoms with E-state index in [0.717, 1.165) is 11.4 Å². The number of nitrogens with zero attached hydrogens (tertiary/aromatic N) is 4. The van der Waals surface area contributed by atoms with Gasteiger partial charge in [-0.25, -0.2) is 0 Å². The lowest BCUT2D eigenvalue weighted by Crippen LogP contribution is -2.01. The van der Waals surface area contributed by atoms with Crippen molar-refractivity contribution in [1.82, 2.24) is 20.0 Å². The zero-order valence-electron chi connectivity index (χ0n) is 7.79. The Kier molecular flexibility index (Phi) is 2.51. The molecule has 2 aromatic rings. The summed E-state index contributed by atoms with van der Waals surface area (Å²) in [5, 5.41) is 8.05. The molecule has 0 bridgehead atoms. The van der Waals surface area contributed by atoms with E-state index in [9.17, 15) is 0 Å². The molecule has 0 N–H and O–H groups in total. The van der Waals surface area contributed by atoms with Crippen LogP contribution in [0.3, 0.4) is 0 Å². The second-order valence-corrected chi connectivity index (χ2v) is 2.76. The van der Waals surface area contributed by atoms with Crippen LogP contribution in [-0.4, -0.2) is 27.1 Å². The smallest absolute Gasteiger partial charge is 0.0890 e. The molecular formula is C9H10N4O. The highest BCUT2D eigenvalue weighted by atomic mass is 16.5. The van der Waals surface area contributed by atoms with Gasteiger partial charge in [-0.1, -0.05) is 0 Å². The van der Waals surface area contributed by atoms with E-state index in [2.05, 4.69) is 15.2 Å². The molecule has 0 amide bonds. The van der Waals surface area contributed by atoms with Crippen LogP contribution in [0.2, 0.25) is 0 Å². The zero-order chi connectivity index (χ0) is 9.80. The van der Waals surface area contributed by atoms with E-state index in [-0.39, 0.29) is 0 Å². The minimum atomic E-state index is 0.495. The average Bonchev–Trinajstić information content (AvgIpc) is 2.71. The lowest BCUT2D eigenvalue weighted by molar-refractivity contribution is 0.181. The van der Waals surface area contributed by atoms with Crippen molar-refractivity contribution in [2.75, 3.05) is 7.11 Å². The molecule has 0 radical (unpaired) electrons. The maximum atomic E-state index is 4.99. The first-order chi connectivity index (χ1) is 6.90. The van der Waals surface area contributed by atoms with E-state index >= 15 is 0 Å². The highest BCUT2D eigenvalue weighted by Gasteiger charge is 1.99. The summed E-state index contributed by atoms with van der Waals surface area (Å²) in [5.74, 6) is 0. The molecule has 0 unspecified atom stereocenters. The van der Waals surface area contributed by atoms with Crippen molar-refractivity contribution < 1.29 is 4.74 Å². The normalized spacial score (nSPS) is 10.4. The number of ether oxygens (including phenoxy) is 1. The molecule has 0 atom stereocenters. The Morgan fingerprint density at radius 2 is 2.07 bits per heavy atom. The number of aromatic nitrogens is 4. The Bertz CT molecular complexity index is 399. The van der Waals surface area contributed by atoms with Crippen LogP contribution >= 0.6 is 0 Å². The van der Waals surface area contributed by atoms with Crippen molar-refractivity contribution in [2.45, 2.75) is 6.61 Å². The minimum absolute atomic E-state index is 0.495. The molecule has 0 aromatic carbocycles. The van der Waals surface area contributed by atoms with Gasteiger partial charge in [0.25, 0.3) is 0 Å². The van der Waals surface area contributed by atoms with E-state index in [4.69, 9.17) is 4.74 Å². The molecule has 0 aliphatic rings. The van der Waals surface area contributed by atoms with Crippen LogP contribution < -0.4 is 0 Å². The third-order valence-electron chi connectivity index (χ3n) is 1.74. The van der Waals surface area contributed by atoms with E-state index in [1.165, 1.54) is 0 Å². The summed E-state index contributed by atoms with van der Waals surface area (Å²) < 4.78 is 4.99. The van der Waals surface area contributed by atoms with Crippen LogP contribution in [0.15, 0.2) is 30.7 Å². The molecule has 0 fully saturated rings. The number of rotatable bonds is 3. The first-order valence-electron chi connectivity index (χ1n) is 4.20. The fourth-order valence-electron chi connectivity index (χ4n) is 1.17. The van der Waals surface area contributed by atoms with Gasteiger partial charge < -0.3 is 4.74 Å². The first kappa shape index (κ1) is 8.83. The quantitative estimate of drug-likeness (QED) is 0.718. The monoisotopic (exact) mass is 190 g/mol. The number of methoxy groups -OCH3 is 1. The molecule has 2 rings (SSSR count). The van der Waals surface area contributed by atoms with Crippen LogP contribution in [0.25, 0.3) is 5.69 Å². The van der Waals surface area contributed by atoms with Gasteiger partial charge in [-0.3, -0.25) is 4.98 Å². The molecule has 0 saturated heterocycles. The second-order valence-electron chi connectivity index (χ2n) is 2.76. The predicted octanol–water partition coefficient (Wildman–Crippen LogP) is 0.809. The van der Waals surface area contributed by atoms with Crippen LogP contribution in [0.1, 0.15) is 5.69 Å². The molecule has 72 valence electrons. The second kappa shape index (κ2) is 3.97. The average molecular weight is 190 g/mol. The summed E-state index contributed by atoms with van der Waals surface area (Å²) in [5.41, 5.74) is 1.75. The van der Waals surface area contributed by atoms with Gasteiger partial charge in [0.05, 0.1) is 30.4 Å². The van der Waals surface area contributed by atoms with Crippen molar-refractivity contribution in [3.05, 3.63) is 36.4 Å². The molecule has 0 aliphatic carbocycles. The van der Waals surface area contributed by atoms with Gasteiger partial charge in [-0.05, 0) is 12.1 Å². The molecule has 14 heavy (non-hydrogen) atoms. The largest absolute Gasteiger partial charge is 0.378 e. The standard InChI is InChI=1S/C9H10N4O/c1-14-7-8-6-9(2-3-10-8)13-11-4-5-12-13/h2-6H,7H2,1H3. The summed E-state index contributed by atoms with van der Waals surface area (Å²) in [7, 11) is 1.64. The molecule has 0 saturated carbocycles. The van der Waals surface area contributed by atoms with Crippen molar-refractivity contribution in [1.29, 1.82) is 0 Å². The van der Waals surface area contributed by atoms with Crippen LogP contribution in [0.4, 0.5) is 0 Å². The topological polar surface area (TPSA) is 52.8 Å². The number of pyridine rings is 1. The van der Waals surface area contributed by atoms with Gasteiger partial charge in [0, 0.05) is 13.3 Å². The van der Waals surface area contributed by atoms with Crippen LogP contribution in [0, 0.1) is 0 Å². The molecule has 0 spiro atoms. The lowest BCUT2D eigenvalue weighted by atomic mass is 10.3. The van der Waals surface area contributed by atoms with Gasteiger partial charge in [0.2, 0.25) is 0 Å². The van der Waals surface area contributed by atoms with E-state index < -0.39 is 0 Å². The van der Waals surface area contributed by atoms with Gasteiger partial charge in [0.1, 0.15) is 0 Å². The van der Waals surface area contributed by atoms with Gasteiger partial charge >= 0.3 is 0 Å². The van der Waals surface area contributed by atoms with Gasteiger partial charge in [0.15, 0.2) is 0 Å². The summed E-state index contributed by atoms with van der Waals surface area (Å²) >= 11 is 0. The number of hydrogen-bond donors (Lipinski definition) is 0. The highest BCUT2D eigenvalue weighted by Crippen LogP contribution is 2.05. The first-order valence-corrected chi connectivity index (χ1v) is 4.20. The van der Waals surface area contributed by atoms with Crippen molar-refractivity contribution in [2.24, 2.45) is 0 Å². The Morgan fingerprint density at radius 1 is 1.29 bits per heavy atom. The maximum Gasteiger partial charge on any atom is 0.0890 e. The summed E-state index contributed by atoms with van der Waals surface area (Å²) in [6.45, 7) is 0.495. The van der Waals surface area contributed by atoms with Crippen LogP contribution in [0.5, 0.6) is 0 Å². The minimum Gasteiger partial charge on any atom is -0.378 e. The third kappa shape index (κ3) is 1.77. The Balaban J connectivity index is 2.31. The van der Waals surface area contributed by atoms with E-state index in [1.807, 2.05) is 12.1 Å². The van der Waals surface area contributed by atoms with Gasteiger partial charge in [-0.15, -0.1) is 0 Å². The Morgan fingerprint density at radius 3 is 2.79 bits per heavy atom. The Labute approximate surface area is 81.3 Å². The van der Waals surface area contributed by atoms with E-state index in [1.54, 1.807) is 30.5 Å². The van der Waals surface area contributed by atoms with Crippen molar-refractivity contribution in [3.63, 3.8) is 0 Å². The van der Waals surface area contributed by atoms with Crippen molar-refractivity contribution in [3.8, 4) is 5.69 Å². The number of hydrogen-bond acceptors (Lipinski definition) is 4. The molecule has 5 nitrogen and oxygen atoms in total. The van der Waals surface area contributed by atoms with Gasteiger partial charge in [-0.2, -0.15) is 15.0 Å². The zero-order valence-corrected chi connectivity index (χ0v) is 7.79. The fourth-order valence-corrected chi connectivity index (χ4v) is 1.17. The molecule has 2 heterocycles. The van der Waals surface area contributed by atoms with Crippen molar-refractivity contribution >= 4 is 0 Å². The third-order valence-corrected chi connectivity index (χ3v) is 1.74. The summed E-state index contributed by atoms with van der Waals surface area (Å²) in [6, 6.07) is 3.74.